The number of nitriles is 1. The molecule has 164 valence electrons. The minimum absolute atomic E-state index is 0.0397. The van der Waals surface area contributed by atoms with Crippen molar-refractivity contribution in [3.05, 3.63) is 81.5 Å². The average molecular weight is 431 g/mol. The molecule has 7 heteroatoms. The van der Waals surface area contributed by atoms with Crippen LogP contribution >= 0.6 is 0 Å². The molecule has 0 atom stereocenters. The summed E-state index contributed by atoms with van der Waals surface area (Å²) < 4.78 is 6.60. The monoisotopic (exact) mass is 430 g/mol. The molecule has 1 aliphatic rings. The Kier molecular flexibility index (Phi) is 6.06. The molecule has 3 aromatic rings. The van der Waals surface area contributed by atoms with Crippen LogP contribution in [0.2, 0.25) is 0 Å². The van der Waals surface area contributed by atoms with Gasteiger partial charge >= 0.3 is 5.97 Å². The van der Waals surface area contributed by atoms with Crippen molar-refractivity contribution in [2.75, 3.05) is 19.7 Å². The normalized spacial score (nSPS) is 15.9. The van der Waals surface area contributed by atoms with Gasteiger partial charge in [0.2, 0.25) is 0 Å². The number of fused-ring (bicyclic) bond motifs is 1. The summed E-state index contributed by atoms with van der Waals surface area (Å²) in [4.78, 5) is 31.9. The Balaban J connectivity index is 1.61. The minimum Gasteiger partial charge on any atom is -0.462 e. The predicted octanol–water partition coefficient (Wildman–Crippen LogP) is 3.24. The van der Waals surface area contributed by atoms with Crippen LogP contribution in [0.1, 0.15) is 46.9 Å². The van der Waals surface area contributed by atoms with E-state index in [0.29, 0.717) is 19.4 Å². The summed E-state index contributed by atoms with van der Waals surface area (Å²) in [6, 6.07) is 13.6. The van der Waals surface area contributed by atoms with Crippen molar-refractivity contribution in [2.24, 2.45) is 0 Å². The Morgan fingerprint density at radius 3 is 2.72 bits per heavy atom. The van der Waals surface area contributed by atoms with Crippen molar-refractivity contribution < 1.29 is 9.53 Å². The summed E-state index contributed by atoms with van der Waals surface area (Å²) in [5, 5.41) is 9.98. The lowest BCUT2D eigenvalue weighted by molar-refractivity contribution is 0.0524. The highest BCUT2D eigenvalue weighted by Crippen LogP contribution is 2.34. The van der Waals surface area contributed by atoms with Crippen LogP contribution in [0.4, 0.5) is 0 Å². The smallest absolute Gasteiger partial charge is 0.343 e. The summed E-state index contributed by atoms with van der Waals surface area (Å²) in [5.74, 6) is -0.607. The van der Waals surface area contributed by atoms with E-state index in [1.807, 2.05) is 31.2 Å². The van der Waals surface area contributed by atoms with Crippen LogP contribution in [0.5, 0.6) is 0 Å². The van der Waals surface area contributed by atoms with E-state index >= 15 is 0 Å². The number of carbonyl (C=O) groups is 1. The molecule has 0 N–H and O–H groups in total. The van der Waals surface area contributed by atoms with Crippen LogP contribution in [0.25, 0.3) is 5.52 Å². The Bertz CT molecular complexity index is 1250. The maximum atomic E-state index is 12.8. The van der Waals surface area contributed by atoms with Gasteiger partial charge in [0, 0.05) is 32.0 Å². The van der Waals surface area contributed by atoms with Crippen LogP contribution < -0.4 is 5.56 Å². The molecule has 0 aromatic carbocycles. The summed E-state index contributed by atoms with van der Waals surface area (Å²) in [6.07, 6.45) is 4.79. The summed E-state index contributed by atoms with van der Waals surface area (Å²) >= 11 is 0. The Morgan fingerprint density at radius 1 is 1.25 bits per heavy atom. The minimum atomic E-state index is -0.607. The first-order chi connectivity index (χ1) is 15.5. The van der Waals surface area contributed by atoms with Crippen molar-refractivity contribution in [1.29, 1.82) is 5.26 Å². The van der Waals surface area contributed by atoms with Crippen molar-refractivity contribution >= 4 is 11.5 Å². The summed E-state index contributed by atoms with van der Waals surface area (Å²) in [6.45, 7) is 5.94. The van der Waals surface area contributed by atoms with E-state index in [2.05, 4.69) is 16.0 Å². The van der Waals surface area contributed by atoms with Crippen molar-refractivity contribution in [2.45, 2.75) is 38.6 Å². The van der Waals surface area contributed by atoms with E-state index in [0.717, 1.165) is 35.4 Å². The largest absolute Gasteiger partial charge is 0.462 e. The quantitative estimate of drug-likeness (QED) is 0.578. The molecule has 3 aromatic heterocycles. The fourth-order valence-electron chi connectivity index (χ4n) is 4.36. The average Bonchev–Trinajstić information content (AvgIpc) is 2.81. The third-order valence-corrected chi connectivity index (χ3v) is 6.18. The van der Waals surface area contributed by atoms with Gasteiger partial charge in [-0.2, -0.15) is 5.26 Å². The number of hydrogen-bond acceptors (Lipinski definition) is 6. The molecule has 0 saturated carbocycles. The van der Waals surface area contributed by atoms with Gasteiger partial charge in [-0.05, 0) is 68.1 Å². The van der Waals surface area contributed by atoms with Gasteiger partial charge in [-0.15, -0.1) is 0 Å². The van der Waals surface area contributed by atoms with Gasteiger partial charge in [-0.1, -0.05) is 6.07 Å². The fourth-order valence-corrected chi connectivity index (χ4v) is 4.36. The fraction of sp³-hybridized carbons (Fsp3) is 0.360. The molecule has 0 radical (unpaired) electrons. The van der Waals surface area contributed by atoms with Gasteiger partial charge in [0.15, 0.2) is 0 Å². The number of likely N-dealkylation sites (tertiary alicyclic amines) is 1. The third kappa shape index (κ3) is 4.02. The lowest BCUT2D eigenvalue weighted by atomic mass is 9.76. The standard InChI is InChI=1S/C25H26N4O3/c1-3-32-24(31)20-15-19(21-6-4-5-11-29(21)23(20)30)16-28-12-8-25(17-26,9-13-28)22-14-18(2)7-10-27-22/h4-7,10-11,14-15H,3,8-9,12-13,16H2,1-2H3. The SMILES string of the molecule is CCOC(=O)c1cc(CN2CCC(C#N)(c3cc(C)ccn3)CC2)c2ccccn2c1=O. The highest BCUT2D eigenvalue weighted by Gasteiger charge is 2.38. The number of aryl methyl sites for hydroxylation is 1. The summed E-state index contributed by atoms with van der Waals surface area (Å²) in [5.41, 5.74) is 2.65. The number of ether oxygens (including phenoxy) is 1. The maximum Gasteiger partial charge on any atom is 0.343 e. The molecule has 0 aliphatic carbocycles. The molecule has 1 aliphatic heterocycles. The number of esters is 1. The maximum absolute atomic E-state index is 12.8. The molecule has 0 amide bonds. The van der Waals surface area contributed by atoms with E-state index < -0.39 is 11.4 Å². The molecule has 0 bridgehead atoms. The number of hydrogen-bond donors (Lipinski definition) is 0. The first kappa shape index (κ1) is 21.7. The zero-order valence-electron chi connectivity index (χ0n) is 18.4. The van der Waals surface area contributed by atoms with Gasteiger partial charge in [0.05, 0.1) is 23.9 Å². The van der Waals surface area contributed by atoms with Gasteiger partial charge in [0.1, 0.15) is 11.0 Å². The Morgan fingerprint density at radius 2 is 2.03 bits per heavy atom. The molecule has 4 heterocycles. The second kappa shape index (κ2) is 8.93. The number of rotatable bonds is 5. The summed E-state index contributed by atoms with van der Waals surface area (Å²) in [7, 11) is 0. The van der Waals surface area contributed by atoms with Crippen molar-refractivity contribution in [1.82, 2.24) is 14.3 Å². The first-order valence-corrected chi connectivity index (χ1v) is 10.8. The number of pyridine rings is 3. The number of carbonyl (C=O) groups excluding carboxylic acids is 1. The van der Waals surface area contributed by atoms with Crippen LogP contribution in [-0.4, -0.2) is 40.0 Å². The number of piperidine rings is 1. The molecular formula is C25H26N4O3. The van der Waals surface area contributed by atoms with Gasteiger partial charge in [-0.3, -0.25) is 19.1 Å². The van der Waals surface area contributed by atoms with E-state index in [1.54, 1.807) is 31.5 Å². The lowest BCUT2D eigenvalue weighted by Gasteiger charge is -2.37. The molecule has 0 unspecified atom stereocenters. The van der Waals surface area contributed by atoms with Gasteiger partial charge < -0.3 is 4.74 Å². The molecule has 4 rings (SSSR count). The van der Waals surface area contributed by atoms with Gasteiger partial charge in [0.25, 0.3) is 5.56 Å². The lowest BCUT2D eigenvalue weighted by Crippen LogP contribution is -2.42. The topological polar surface area (TPSA) is 87.7 Å². The van der Waals surface area contributed by atoms with E-state index in [9.17, 15) is 14.9 Å². The van der Waals surface area contributed by atoms with Gasteiger partial charge in [-0.25, -0.2) is 4.79 Å². The van der Waals surface area contributed by atoms with Crippen molar-refractivity contribution in [3.8, 4) is 6.07 Å². The number of nitrogens with zero attached hydrogens (tertiary/aromatic N) is 4. The van der Waals surface area contributed by atoms with Crippen LogP contribution in [0, 0.1) is 18.3 Å². The van der Waals surface area contributed by atoms with E-state index in [-0.39, 0.29) is 17.7 Å². The molecular weight excluding hydrogens is 404 g/mol. The predicted molar refractivity (Wildman–Crippen MR) is 120 cm³/mol. The van der Waals surface area contributed by atoms with Crippen LogP contribution in [-0.2, 0) is 16.7 Å². The second-order valence-electron chi connectivity index (χ2n) is 8.25. The zero-order chi connectivity index (χ0) is 22.7. The molecule has 1 fully saturated rings. The zero-order valence-corrected chi connectivity index (χ0v) is 18.4. The first-order valence-electron chi connectivity index (χ1n) is 10.8. The molecule has 0 spiro atoms. The Labute approximate surface area is 186 Å². The molecule has 1 saturated heterocycles. The van der Waals surface area contributed by atoms with Crippen LogP contribution in [0.3, 0.4) is 0 Å². The highest BCUT2D eigenvalue weighted by atomic mass is 16.5. The van der Waals surface area contributed by atoms with Crippen molar-refractivity contribution in [3.63, 3.8) is 0 Å². The molecule has 7 nitrogen and oxygen atoms in total. The number of aromatic nitrogens is 2. The van der Waals surface area contributed by atoms with E-state index in [1.165, 1.54) is 4.40 Å². The van der Waals surface area contributed by atoms with E-state index in [4.69, 9.17) is 4.74 Å². The molecule has 32 heavy (non-hydrogen) atoms. The third-order valence-electron chi connectivity index (χ3n) is 6.18. The Hall–Kier alpha value is -3.50. The second-order valence-corrected chi connectivity index (χ2v) is 8.25. The van der Waals surface area contributed by atoms with Crippen LogP contribution in [0.15, 0.2) is 53.6 Å². The highest BCUT2D eigenvalue weighted by molar-refractivity contribution is 5.90.